The van der Waals surface area contributed by atoms with Gasteiger partial charge in [0.1, 0.15) is 0 Å². The van der Waals surface area contributed by atoms with Gasteiger partial charge in [0.25, 0.3) is 0 Å². The summed E-state index contributed by atoms with van der Waals surface area (Å²) in [7, 11) is 0. The SMILES string of the molecule is CC1=Nc2ccc(CCN3CCCC3)cc2C1. The summed E-state index contributed by atoms with van der Waals surface area (Å²) < 4.78 is 0. The van der Waals surface area contributed by atoms with Crippen LogP contribution in [0.1, 0.15) is 30.9 Å². The number of hydrogen-bond donors (Lipinski definition) is 0. The average molecular weight is 228 g/mol. The van der Waals surface area contributed by atoms with E-state index in [9.17, 15) is 0 Å². The molecule has 0 bridgehead atoms. The van der Waals surface area contributed by atoms with Gasteiger partial charge in [-0.25, -0.2) is 0 Å². The zero-order valence-electron chi connectivity index (χ0n) is 10.6. The smallest absolute Gasteiger partial charge is 0.0665 e. The van der Waals surface area contributed by atoms with Crippen molar-refractivity contribution < 1.29 is 0 Å². The molecule has 0 radical (unpaired) electrons. The topological polar surface area (TPSA) is 15.6 Å². The van der Waals surface area contributed by atoms with Gasteiger partial charge in [0.2, 0.25) is 0 Å². The van der Waals surface area contributed by atoms with Crippen molar-refractivity contribution in [3.63, 3.8) is 0 Å². The Kier molecular flexibility index (Phi) is 2.98. The van der Waals surface area contributed by atoms with E-state index < -0.39 is 0 Å². The number of rotatable bonds is 3. The zero-order valence-corrected chi connectivity index (χ0v) is 10.6. The van der Waals surface area contributed by atoms with Gasteiger partial charge in [-0.05, 0) is 56.5 Å². The standard InChI is InChI=1S/C15H20N2/c1-12-10-14-11-13(4-5-15(14)16-12)6-9-17-7-2-3-8-17/h4-5,11H,2-3,6-10H2,1H3. The molecule has 1 aromatic rings. The molecule has 0 amide bonds. The van der Waals surface area contributed by atoms with E-state index in [0.29, 0.717) is 0 Å². The summed E-state index contributed by atoms with van der Waals surface area (Å²) in [6.07, 6.45) is 5.01. The number of likely N-dealkylation sites (tertiary alicyclic amines) is 1. The maximum atomic E-state index is 4.54. The monoisotopic (exact) mass is 228 g/mol. The first-order chi connectivity index (χ1) is 8.31. The van der Waals surface area contributed by atoms with E-state index >= 15 is 0 Å². The van der Waals surface area contributed by atoms with Gasteiger partial charge in [0, 0.05) is 18.7 Å². The number of fused-ring (bicyclic) bond motifs is 1. The Hall–Kier alpha value is -1.15. The van der Waals surface area contributed by atoms with Crippen molar-refractivity contribution in [1.29, 1.82) is 0 Å². The molecule has 1 saturated heterocycles. The predicted octanol–water partition coefficient (Wildman–Crippen LogP) is 2.97. The summed E-state index contributed by atoms with van der Waals surface area (Å²) in [5.74, 6) is 0. The molecule has 0 unspecified atom stereocenters. The third-order valence-corrected chi connectivity index (χ3v) is 3.82. The summed E-state index contributed by atoms with van der Waals surface area (Å²) in [6, 6.07) is 6.79. The minimum absolute atomic E-state index is 1.05. The van der Waals surface area contributed by atoms with Crippen molar-refractivity contribution in [2.75, 3.05) is 19.6 Å². The molecular weight excluding hydrogens is 208 g/mol. The lowest BCUT2D eigenvalue weighted by Gasteiger charge is -2.14. The summed E-state index contributed by atoms with van der Waals surface area (Å²) in [4.78, 5) is 7.12. The molecule has 0 aliphatic carbocycles. The molecule has 3 rings (SSSR count). The molecule has 0 atom stereocenters. The molecule has 1 fully saturated rings. The first-order valence-electron chi connectivity index (χ1n) is 6.69. The third-order valence-electron chi connectivity index (χ3n) is 3.82. The van der Waals surface area contributed by atoms with Crippen LogP contribution >= 0.6 is 0 Å². The second-order valence-corrected chi connectivity index (χ2v) is 5.29. The predicted molar refractivity (Wildman–Crippen MR) is 72.3 cm³/mol. The van der Waals surface area contributed by atoms with E-state index in [4.69, 9.17) is 0 Å². The highest BCUT2D eigenvalue weighted by Crippen LogP contribution is 2.27. The van der Waals surface area contributed by atoms with Gasteiger partial charge < -0.3 is 4.90 Å². The molecule has 2 aliphatic heterocycles. The molecule has 90 valence electrons. The highest BCUT2D eigenvalue weighted by molar-refractivity contribution is 5.92. The fourth-order valence-corrected chi connectivity index (χ4v) is 2.86. The highest BCUT2D eigenvalue weighted by atomic mass is 15.1. The maximum absolute atomic E-state index is 4.54. The highest BCUT2D eigenvalue weighted by Gasteiger charge is 2.13. The van der Waals surface area contributed by atoms with E-state index in [0.717, 1.165) is 6.42 Å². The molecule has 0 N–H and O–H groups in total. The van der Waals surface area contributed by atoms with Crippen molar-refractivity contribution in [2.24, 2.45) is 4.99 Å². The van der Waals surface area contributed by atoms with Crippen LogP contribution in [-0.2, 0) is 12.8 Å². The Bertz CT molecular complexity index is 442. The Labute approximate surface area is 103 Å². The van der Waals surface area contributed by atoms with Gasteiger partial charge in [-0.3, -0.25) is 4.99 Å². The molecule has 0 aromatic heterocycles. The molecule has 2 heterocycles. The van der Waals surface area contributed by atoms with Crippen LogP contribution in [0, 0.1) is 0 Å². The van der Waals surface area contributed by atoms with Crippen molar-refractivity contribution >= 4 is 11.4 Å². The molecule has 2 nitrogen and oxygen atoms in total. The fourth-order valence-electron chi connectivity index (χ4n) is 2.86. The number of benzene rings is 1. The average Bonchev–Trinajstić information content (AvgIpc) is 2.92. The molecule has 2 aliphatic rings. The van der Waals surface area contributed by atoms with Crippen LogP contribution in [-0.4, -0.2) is 30.2 Å². The molecular formula is C15H20N2. The largest absolute Gasteiger partial charge is 0.303 e. The van der Waals surface area contributed by atoms with Gasteiger partial charge in [0.05, 0.1) is 5.69 Å². The summed E-state index contributed by atoms with van der Waals surface area (Å²) in [6.45, 7) is 5.93. The lowest BCUT2D eigenvalue weighted by Crippen LogP contribution is -2.21. The minimum Gasteiger partial charge on any atom is -0.303 e. The number of nitrogens with zero attached hydrogens (tertiary/aromatic N) is 2. The minimum atomic E-state index is 1.05. The first kappa shape index (κ1) is 11.0. The normalized spacial score (nSPS) is 19.5. The third kappa shape index (κ3) is 2.42. The molecule has 0 spiro atoms. The molecule has 2 heteroatoms. The van der Waals surface area contributed by atoms with E-state index in [-0.39, 0.29) is 0 Å². The van der Waals surface area contributed by atoms with E-state index in [1.165, 1.54) is 61.4 Å². The maximum Gasteiger partial charge on any atom is 0.0665 e. The summed E-state index contributed by atoms with van der Waals surface area (Å²) >= 11 is 0. The van der Waals surface area contributed by atoms with Gasteiger partial charge in [-0.2, -0.15) is 0 Å². The van der Waals surface area contributed by atoms with Crippen molar-refractivity contribution in [2.45, 2.75) is 32.6 Å². The van der Waals surface area contributed by atoms with Crippen LogP contribution in [0.4, 0.5) is 5.69 Å². The van der Waals surface area contributed by atoms with Crippen molar-refractivity contribution in [3.8, 4) is 0 Å². The summed E-state index contributed by atoms with van der Waals surface area (Å²) in [5, 5.41) is 0. The fraction of sp³-hybridized carbons (Fsp3) is 0.533. The van der Waals surface area contributed by atoms with Crippen LogP contribution < -0.4 is 0 Å². The van der Waals surface area contributed by atoms with Crippen LogP contribution in [0.3, 0.4) is 0 Å². The van der Waals surface area contributed by atoms with Crippen molar-refractivity contribution in [3.05, 3.63) is 29.3 Å². The van der Waals surface area contributed by atoms with Gasteiger partial charge >= 0.3 is 0 Å². The lowest BCUT2D eigenvalue weighted by molar-refractivity contribution is 0.343. The van der Waals surface area contributed by atoms with Gasteiger partial charge in [0.15, 0.2) is 0 Å². The lowest BCUT2D eigenvalue weighted by atomic mass is 10.0. The molecule has 1 aromatic carbocycles. The van der Waals surface area contributed by atoms with E-state index in [1.807, 2.05) is 0 Å². The van der Waals surface area contributed by atoms with Crippen LogP contribution in [0.15, 0.2) is 23.2 Å². The Morgan fingerprint density at radius 2 is 2.06 bits per heavy atom. The Morgan fingerprint density at radius 1 is 1.24 bits per heavy atom. The van der Waals surface area contributed by atoms with Crippen LogP contribution in [0.5, 0.6) is 0 Å². The van der Waals surface area contributed by atoms with Crippen LogP contribution in [0.25, 0.3) is 0 Å². The molecule has 0 saturated carbocycles. The second-order valence-electron chi connectivity index (χ2n) is 5.29. The summed E-state index contributed by atoms with van der Waals surface area (Å²) in [5.41, 5.74) is 5.33. The zero-order chi connectivity index (χ0) is 11.7. The van der Waals surface area contributed by atoms with Crippen molar-refractivity contribution in [1.82, 2.24) is 4.90 Å². The van der Waals surface area contributed by atoms with Gasteiger partial charge in [-0.15, -0.1) is 0 Å². The van der Waals surface area contributed by atoms with E-state index in [2.05, 4.69) is 35.0 Å². The Morgan fingerprint density at radius 3 is 2.88 bits per heavy atom. The Balaban J connectivity index is 1.63. The van der Waals surface area contributed by atoms with Crippen LogP contribution in [0.2, 0.25) is 0 Å². The van der Waals surface area contributed by atoms with E-state index in [1.54, 1.807) is 0 Å². The number of aliphatic imine (C=N–C) groups is 1. The number of hydrogen-bond acceptors (Lipinski definition) is 2. The second kappa shape index (κ2) is 4.61. The molecule has 17 heavy (non-hydrogen) atoms. The first-order valence-corrected chi connectivity index (χ1v) is 6.69. The van der Waals surface area contributed by atoms with Gasteiger partial charge in [-0.1, -0.05) is 12.1 Å². The quantitative estimate of drug-likeness (QED) is 0.776.